The second-order valence-electron chi connectivity index (χ2n) is 5.35. The van der Waals surface area contributed by atoms with Crippen LogP contribution in [0.5, 0.6) is 0 Å². The van der Waals surface area contributed by atoms with E-state index in [0.717, 1.165) is 12.8 Å². The zero-order valence-corrected chi connectivity index (χ0v) is 10.4. The Bertz CT molecular complexity index is 206. The molecule has 0 amide bonds. The molecule has 1 aliphatic rings. The lowest BCUT2D eigenvalue weighted by Gasteiger charge is -2.45. The van der Waals surface area contributed by atoms with Crippen LogP contribution in [0.1, 0.15) is 40.5 Å². The van der Waals surface area contributed by atoms with Crippen LogP contribution in [0.2, 0.25) is 0 Å². The van der Waals surface area contributed by atoms with E-state index in [-0.39, 0.29) is 12.0 Å². The fraction of sp³-hybridized carbons (Fsp3) is 1.00. The van der Waals surface area contributed by atoms with Crippen molar-refractivity contribution in [3.63, 3.8) is 0 Å². The molecule has 1 rings (SSSR count). The first-order valence-corrected chi connectivity index (χ1v) is 5.98. The number of nitrogens with two attached hydrogens (primary N) is 1. The van der Waals surface area contributed by atoms with E-state index in [0.29, 0.717) is 12.5 Å². The predicted molar refractivity (Wildman–Crippen MR) is 61.6 cm³/mol. The van der Waals surface area contributed by atoms with Crippen molar-refractivity contribution in [2.75, 3.05) is 6.61 Å². The largest absolute Gasteiger partial charge is 0.391 e. The predicted octanol–water partition coefficient (Wildman–Crippen LogP) is 1.54. The first kappa shape index (κ1) is 12.9. The van der Waals surface area contributed by atoms with E-state index < -0.39 is 11.6 Å². The summed E-state index contributed by atoms with van der Waals surface area (Å²) >= 11 is 0. The first-order chi connectivity index (χ1) is 6.90. The third-order valence-corrected chi connectivity index (χ3v) is 3.58. The second-order valence-corrected chi connectivity index (χ2v) is 5.35. The van der Waals surface area contributed by atoms with Crippen molar-refractivity contribution in [2.45, 2.75) is 58.3 Å². The fourth-order valence-corrected chi connectivity index (χ4v) is 2.60. The molecule has 1 fully saturated rings. The minimum absolute atomic E-state index is 0.121. The lowest BCUT2D eigenvalue weighted by atomic mass is 9.77. The van der Waals surface area contributed by atoms with Crippen molar-refractivity contribution in [1.29, 1.82) is 0 Å². The molecule has 3 nitrogen and oxygen atoms in total. The van der Waals surface area contributed by atoms with Gasteiger partial charge in [0.05, 0.1) is 24.4 Å². The van der Waals surface area contributed by atoms with Gasteiger partial charge in [-0.1, -0.05) is 27.2 Å². The maximum absolute atomic E-state index is 10.1. The van der Waals surface area contributed by atoms with Gasteiger partial charge >= 0.3 is 0 Å². The highest BCUT2D eigenvalue weighted by atomic mass is 16.5. The molecule has 5 unspecified atom stereocenters. The van der Waals surface area contributed by atoms with Gasteiger partial charge in [-0.3, -0.25) is 0 Å². The molecule has 0 aromatic carbocycles. The van der Waals surface area contributed by atoms with Gasteiger partial charge in [0.1, 0.15) is 0 Å². The molecular formula is C12H25NO2. The minimum Gasteiger partial charge on any atom is -0.391 e. The van der Waals surface area contributed by atoms with Crippen molar-refractivity contribution in [2.24, 2.45) is 17.6 Å². The van der Waals surface area contributed by atoms with E-state index in [1.165, 1.54) is 0 Å². The van der Waals surface area contributed by atoms with Crippen molar-refractivity contribution in [1.82, 2.24) is 0 Å². The van der Waals surface area contributed by atoms with Crippen LogP contribution in [0.4, 0.5) is 0 Å². The van der Waals surface area contributed by atoms with Crippen molar-refractivity contribution < 1.29 is 9.84 Å². The van der Waals surface area contributed by atoms with Gasteiger partial charge in [0, 0.05) is 5.92 Å². The van der Waals surface area contributed by atoms with Crippen LogP contribution in [-0.4, -0.2) is 29.5 Å². The summed E-state index contributed by atoms with van der Waals surface area (Å²) in [5.74, 6) is 0.617. The minimum atomic E-state index is -0.595. The summed E-state index contributed by atoms with van der Waals surface area (Å²) in [4.78, 5) is 0. The van der Waals surface area contributed by atoms with Gasteiger partial charge in [-0.2, -0.15) is 0 Å². The average molecular weight is 215 g/mol. The smallest absolute Gasteiger partial charge is 0.0789 e. The van der Waals surface area contributed by atoms with Gasteiger partial charge in [0.15, 0.2) is 0 Å². The van der Waals surface area contributed by atoms with Crippen LogP contribution in [0.3, 0.4) is 0 Å². The van der Waals surface area contributed by atoms with E-state index in [9.17, 15) is 5.11 Å². The lowest BCUT2D eigenvalue weighted by Crippen LogP contribution is -2.62. The highest BCUT2D eigenvalue weighted by Gasteiger charge is 2.43. The Morgan fingerprint density at radius 2 is 2.20 bits per heavy atom. The Balaban J connectivity index is 2.64. The summed E-state index contributed by atoms with van der Waals surface area (Å²) in [7, 11) is 0. The summed E-state index contributed by atoms with van der Waals surface area (Å²) in [6, 6.07) is 0. The molecule has 1 aliphatic heterocycles. The molecule has 1 heterocycles. The highest BCUT2D eigenvalue weighted by molar-refractivity contribution is 4.97. The van der Waals surface area contributed by atoms with Gasteiger partial charge < -0.3 is 15.6 Å². The van der Waals surface area contributed by atoms with E-state index in [2.05, 4.69) is 13.8 Å². The molecule has 0 radical (unpaired) electrons. The summed E-state index contributed by atoms with van der Waals surface area (Å²) in [5, 5.41) is 10.1. The standard InChI is InChI=1S/C12H25NO2/c1-5-6-8(2)10-9(3)11(14)12(4,13)7-15-10/h8-11,14H,5-7,13H2,1-4H3. The number of ether oxygens (including phenoxy) is 1. The SMILES string of the molecule is CCCC(C)C1OCC(C)(N)C(O)C1C. The number of hydrogen-bond acceptors (Lipinski definition) is 3. The molecule has 0 aliphatic carbocycles. The third-order valence-electron chi connectivity index (χ3n) is 3.58. The average Bonchev–Trinajstić information content (AvgIpc) is 2.15. The normalized spacial score (nSPS) is 44.0. The lowest BCUT2D eigenvalue weighted by molar-refractivity contribution is -0.145. The number of aliphatic hydroxyl groups excluding tert-OH is 1. The summed E-state index contributed by atoms with van der Waals surface area (Å²) in [5.41, 5.74) is 5.38. The molecule has 3 heteroatoms. The Morgan fingerprint density at radius 3 is 2.73 bits per heavy atom. The molecule has 0 aromatic heterocycles. The molecule has 90 valence electrons. The third kappa shape index (κ3) is 2.71. The summed E-state index contributed by atoms with van der Waals surface area (Å²) < 4.78 is 5.81. The van der Waals surface area contributed by atoms with Crippen LogP contribution in [0, 0.1) is 11.8 Å². The molecule has 0 spiro atoms. The topological polar surface area (TPSA) is 55.5 Å². The second kappa shape index (κ2) is 4.81. The van der Waals surface area contributed by atoms with Gasteiger partial charge in [0.25, 0.3) is 0 Å². The molecule has 5 atom stereocenters. The van der Waals surface area contributed by atoms with E-state index >= 15 is 0 Å². The van der Waals surface area contributed by atoms with Crippen LogP contribution in [0.15, 0.2) is 0 Å². The van der Waals surface area contributed by atoms with Gasteiger partial charge in [-0.05, 0) is 19.3 Å². The Labute approximate surface area is 93.0 Å². The van der Waals surface area contributed by atoms with E-state index in [1.54, 1.807) is 0 Å². The molecule has 1 saturated heterocycles. The molecule has 3 N–H and O–H groups in total. The Morgan fingerprint density at radius 1 is 1.60 bits per heavy atom. The highest BCUT2D eigenvalue weighted by Crippen LogP contribution is 2.32. The van der Waals surface area contributed by atoms with Gasteiger partial charge in [0.2, 0.25) is 0 Å². The Hall–Kier alpha value is -0.120. The maximum Gasteiger partial charge on any atom is 0.0789 e. The number of aliphatic hydroxyl groups is 1. The Kier molecular flexibility index (Phi) is 4.15. The van der Waals surface area contributed by atoms with E-state index in [4.69, 9.17) is 10.5 Å². The summed E-state index contributed by atoms with van der Waals surface area (Å²) in [6.07, 6.45) is 1.99. The monoisotopic (exact) mass is 215 g/mol. The number of rotatable bonds is 3. The fourth-order valence-electron chi connectivity index (χ4n) is 2.60. The maximum atomic E-state index is 10.1. The molecule has 15 heavy (non-hydrogen) atoms. The van der Waals surface area contributed by atoms with E-state index in [1.807, 2.05) is 13.8 Å². The molecule has 0 aromatic rings. The quantitative estimate of drug-likeness (QED) is 0.751. The molecular weight excluding hydrogens is 190 g/mol. The van der Waals surface area contributed by atoms with Crippen molar-refractivity contribution >= 4 is 0 Å². The van der Waals surface area contributed by atoms with Crippen LogP contribution < -0.4 is 5.73 Å². The van der Waals surface area contributed by atoms with Crippen molar-refractivity contribution in [3.8, 4) is 0 Å². The zero-order chi connectivity index (χ0) is 11.6. The van der Waals surface area contributed by atoms with Crippen LogP contribution in [0.25, 0.3) is 0 Å². The van der Waals surface area contributed by atoms with Crippen molar-refractivity contribution in [3.05, 3.63) is 0 Å². The van der Waals surface area contributed by atoms with Crippen LogP contribution in [-0.2, 0) is 4.74 Å². The van der Waals surface area contributed by atoms with Gasteiger partial charge in [-0.15, -0.1) is 0 Å². The molecule has 0 saturated carbocycles. The summed E-state index contributed by atoms with van der Waals surface area (Å²) in [6.45, 7) is 8.71. The molecule has 0 bridgehead atoms. The first-order valence-electron chi connectivity index (χ1n) is 5.98. The van der Waals surface area contributed by atoms with Gasteiger partial charge in [-0.25, -0.2) is 0 Å². The zero-order valence-electron chi connectivity index (χ0n) is 10.4. The number of hydrogen-bond donors (Lipinski definition) is 2. The van der Waals surface area contributed by atoms with Crippen LogP contribution >= 0.6 is 0 Å².